The second-order valence-corrected chi connectivity index (χ2v) is 6.90. The smallest absolute Gasteiger partial charge is 0.101 e. The SMILES string of the molecule is CNCc1ccc(N(C)Cc2csc(Br)c2)c(C#N)c1. The number of halogens is 1. The second kappa shape index (κ2) is 6.89. The number of thiophene rings is 1. The molecule has 2 aromatic rings. The third-order valence-corrected chi connectivity index (χ3v) is 4.57. The van der Waals surface area contributed by atoms with Crippen LogP contribution in [0.1, 0.15) is 16.7 Å². The van der Waals surface area contributed by atoms with Gasteiger partial charge in [-0.15, -0.1) is 11.3 Å². The Labute approximate surface area is 132 Å². The van der Waals surface area contributed by atoms with Crippen LogP contribution in [0.4, 0.5) is 5.69 Å². The van der Waals surface area contributed by atoms with E-state index in [1.54, 1.807) is 11.3 Å². The zero-order valence-corrected chi connectivity index (χ0v) is 13.9. The van der Waals surface area contributed by atoms with Crippen molar-refractivity contribution >= 4 is 33.0 Å². The van der Waals surface area contributed by atoms with Crippen molar-refractivity contribution < 1.29 is 0 Å². The Balaban J connectivity index is 2.21. The third-order valence-electron chi connectivity index (χ3n) is 3.02. The first-order chi connectivity index (χ1) is 9.63. The van der Waals surface area contributed by atoms with Gasteiger partial charge in [-0.05, 0) is 57.7 Å². The molecule has 20 heavy (non-hydrogen) atoms. The van der Waals surface area contributed by atoms with Crippen LogP contribution in [0.15, 0.2) is 33.4 Å². The van der Waals surface area contributed by atoms with Crippen molar-refractivity contribution in [2.24, 2.45) is 0 Å². The molecule has 0 spiro atoms. The largest absolute Gasteiger partial charge is 0.369 e. The lowest BCUT2D eigenvalue weighted by Gasteiger charge is -2.20. The van der Waals surface area contributed by atoms with Gasteiger partial charge < -0.3 is 10.2 Å². The standard InChI is InChI=1S/C15H16BrN3S/c1-18-8-11-3-4-14(13(5-11)7-17)19(2)9-12-6-15(16)20-10-12/h3-6,10,18H,8-9H2,1-2H3. The summed E-state index contributed by atoms with van der Waals surface area (Å²) in [6.45, 7) is 1.57. The van der Waals surface area contributed by atoms with Crippen LogP contribution in [0.3, 0.4) is 0 Å². The van der Waals surface area contributed by atoms with E-state index in [0.29, 0.717) is 0 Å². The molecule has 104 valence electrons. The lowest BCUT2D eigenvalue weighted by Crippen LogP contribution is -2.17. The maximum absolute atomic E-state index is 9.33. The van der Waals surface area contributed by atoms with Crippen molar-refractivity contribution in [2.45, 2.75) is 13.1 Å². The first-order valence-electron chi connectivity index (χ1n) is 6.25. The van der Waals surface area contributed by atoms with Gasteiger partial charge >= 0.3 is 0 Å². The molecule has 1 aromatic heterocycles. The number of hydrogen-bond donors (Lipinski definition) is 1. The number of anilines is 1. The number of benzene rings is 1. The van der Waals surface area contributed by atoms with E-state index in [0.717, 1.165) is 33.7 Å². The fourth-order valence-electron chi connectivity index (χ4n) is 2.11. The van der Waals surface area contributed by atoms with Gasteiger partial charge in [-0.25, -0.2) is 0 Å². The molecule has 1 aromatic carbocycles. The molecule has 0 saturated carbocycles. The first kappa shape index (κ1) is 15.0. The minimum Gasteiger partial charge on any atom is -0.369 e. The fraction of sp³-hybridized carbons (Fsp3) is 0.267. The Hall–Kier alpha value is -1.35. The van der Waals surface area contributed by atoms with Gasteiger partial charge in [0.05, 0.1) is 15.0 Å². The molecule has 5 heteroatoms. The molecule has 0 aliphatic carbocycles. The summed E-state index contributed by atoms with van der Waals surface area (Å²) in [7, 11) is 3.92. The summed E-state index contributed by atoms with van der Waals surface area (Å²) >= 11 is 5.15. The van der Waals surface area contributed by atoms with Crippen molar-refractivity contribution in [3.63, 3.8) is 0 Å². The molecule has 1 heterocycles. The molecule has 0 unspecified atom stereocenters. The number of rotatable bonds is 5. The number of hydrogen-bond acceptors (Lipinski definition) is 4. The molecule has 0 amide bonds. The average molecular weight is 350 g/mol. The number of nitrogens with zero attached hydrogens (tertiary/aromatic N) is 2. The average Bonchev–Trinajstić information content (AvgIpc) is 2.84. The van der Waals surface area contributed by atoms with Crippen molar-refractivity contribution in [3.8, 4) is 6.07 Å². The van der Waals surface area contributed by atoms with E-state index in [9.17, 15) is 5.26 Å². The molecule has 0 fully saturated rings. The van der Waals surface area contributed by atoms with E-state index >= 15 is 0 Å². The molecule has 3 nitrogen and oxygen atoms in total. The Bertz CT molecular complexity index is 630. The number of nitriles is 1. The van der Waals surface area contributed by atoms with Gasteiger partial charge in [-0.1, -0.05) is 6.07 Å². The van der Waals surface area contributed by atoms with Crippen LogP contribution in [0, 0.1) is 11.3 Å². The molecule has 0 atom stereocenters. The zero-order chi connectivity index (χ0) is 14.5. The Morgan fingerprint density at radius 1 is 1.35 bits per heavy atom. The molecule has 0 bridgehead atoms. The van der Waals surface area contributed by atoms with Gasteiger partial charge in [0, 0.05) is 20.1 Å². The van der Waals surface area contributed by atoms with Crippen LogP contribution in [-0.4, -0.2) is 14.1 Å². The molecule has 2 rings (SSSR count). The minimum atomic E-state index is 0.717. The summed E-state index contributed by atoms with van der Waals surface area (Å²) < 4.78 is 1.13. The van der Waals surface area contributed by atoms with Crippen LogP contribution in [0.2, 0.25) is 0 Å². The van der Waals surface area contributed by atoms with Gasteiger partial charge in [0.1, 0.15) is 6.07 Å². The third kappa shape index (κ3) is 3.60. The maximum atomic E-state index is 9.33. The summed E-state index contributed by atoms with van der Waals surface area (Å²) in [5.74, 6) is 0. The zero-order valence-electron chi connectivity index (χ0n) is 11.5. The van der Waals surface area contributed by atoms with Gasteiger partial charge in [-0.2, -0.15) is 5.26 Å². The van der Waals surface area contributed by atoms with E-state index in [2.05, 4.69) is 49.7 Å². The Morgan fingerprint density at radius 2 is 2.15 bits per heavy atom. The van der Waals surface area contributed by atoms with Crippen molar-refractivity contribution in [1.82, 2.24) is 5.32 Å². The van der Waals surface area contributed by atoms with Crippen LogP contribution in [-0.2, 0) is 13.1 Å². The lowest BCUT2D eigenvalue weighted by atomic mass is 10.1. The minimum absolute atomic E-state index is 0.717. The van der Waals surface area contributed by atoms with E-state index in [4.69, 9.17) is 0 Å². The Kier molecular flexibility index (Phi) is 5.18. The molecule has 0 radical (unpaired) electrons. The normalized spacial score (nSPS) is 10.3. The molecular formula is C15H16BrN3S. The summed E-state index contributed by atoms with van der Waals surface area (Å²) in [6, 6.07) is 10.4. The highest BCUT2D eigenvalue weighted by Gasteiger charge is 2.09. The van der Waals surface area contributed by atoms with Crippen molar-refractivity contribution in [1.29, 1.82) is 5.26 Å². The predicted octanol–water partition coefficient (Wildman–Crippen LogP) is 3.74. The van der Waals surface area contributed by atoms with Crippen LogP contribution in [0.5, 0.6) is 0 Å². The van der Waals surface area contributed by atoms with Crippen molar-refractivity contribution in [3.05, 3.63) is 50.1 Å². The predicted molar refractivity (Wildman–Crippen MR) is 88.0 cm³/mol. The summed E-state index contributed by atoms with van der Waals surface area (Å²) in [4.78, 5) is 2.11. The monoisotopic (exact) mass is 349 g/mol. The van der Waals surface area contributed by atoms with Gasteiger partial charge in [0.2, 0.25) is 0 Å². The quantitative estimate of drug-likeness (QED) is 0.893. The van der Waals surface area contributed by atoms with Gasteiger partial charge in [0.15, 0.2) is 0 Å². The Morgan fingerprint density at radius 3 is 2.75 bits per heavy atom. The van der Waals surface area contributed by atoms with Gasteiger partial charge in [0.25, 0.3) is 0 Å². The molecule has 0 aliphatic rings. The van der Waals surface area contributed by atoms with Crippen LogP contribution >= 0.6 is 27.3 Å². The van der Waals surface area contributed by atoms with E-state index in [-0.39, 0.29) is 0 Å². The number of nitrogens with one attached hydrogen (secondary N) is 1. The summed E-state index contributed by atoms with van der Waals surface area (Å²) in [5, 5.41) is 14.6. The second-order valence-electron chi connectivity index (χ2n) is 4.61. The highest BCUT2D eigenvalue weighted by Crippen LogP contribution is 2.25. The highest BCUT2D eigenvalue weighted by molar-refractivity contribution is 9.11. The molecule has 0 aliphatic heterocycles. The maximum Gasteiger partial charge on any atom is 0.101 e. The van der Waals surface area contributed by atoms with E-state index in [1.165, 1.54) is 5.56 Å². The first-order valence-corrected chi connectivity index (χ1v) is 7.93. The lowest BCUT2D eigenvalue weighted by molar-refractivity contribution is 0.816. The van der Waals surface area contributed by atoms with Gasteiger partial charge in [-0.3, -0.25) is 0 Å². The van der Waals surface area contributed by atoms with Crippen molar-refractivity contribution in [2.75, 3.05) is 19.0 Å². The van der Waals surface area contributed by atoms with Crippen LogP contribution < -0.4 is 10.2 Å². The van der Waals surface area contributed by atoms with Crippen LogP contribution in [0.25, 0.3) is 0 Å². The summed E-state index contributed by atoms with van der Waals surface area (Å²) in [5.41, 5.74) is 4.05. The van der Waals surface area contributed by atoms with E-state index < -0.39 is 0 Å². The topological polar surface area (TPSA) is 39.1 Å². The molecular weight excluding hydrogens is 334 g/mol. The van der Waals surface area contributed by atoms with E-state index in [1.807, 2.05) is 26.2 Å². The summed E-state index contributed by atoms with van der Waals surface area (Å²) in [6.07, 6.45) is 0. The highest BCUT2D eigenvalue weighted by atomic mass is 79.9. The molecule has 0 saturated heterocycles. The fourth-order valence-corrected chi connectivity index (χ4v) is 3.31. The molecule has 1 N–H and O–H groups in total.